The Hall–Kier alpha value is -2.05. The first kappa shape index (κ1) is 14.9. The predicted octanol–water partition coefficient (Wildman–Crippen LogP) is 2.73. The summed E-state index contributed by atoms with van der Waals surface area (Å²) in [5, 5.41) is 7.82. The van der Waals surface area contributed by atoms with E-state index < -0.39 is 0 Å². The van der Waals surface area contributed by atoms with Crippen molar-refractivity contribution < 1.29 is 0 Å². The molecule has 114 valence electrons. The molecule has 0 aliphatic carbocycles. The number of aromatic nitrogens is 3. The molecule has 0 fully saturated rings. The Labute approximate surface area is 133 Å². The number of rotatable bonds is 5. The summed E-state index contributed by atoms with van der Waals surface area (Å²) in [4.78, 5) is 6.88. The van der Waals surface area contributed by atoms with Crippen molar-refractivity contribution in [3.8, 4) is 0 Å². The molecule has 2 aromatic heterocycles. The van der Waals surface area contributed by atoms with Gasteiger partial charge in [0.05, 0.1) is 0 Å². The first-order valence-electron chi connectivity index (χ1n) is 7.23. The molecule has 0 bridgehead atoms. The molecule has 3 rings (SSSR count). The first-order valence-corrected chi connectivity index (χ1v) is 8.04. The molecule has 2 heterocycles. The fraction of sp³-hybridized carbons (Fsp3) is 0.250. The summed E-state index contributed by atoms with van der Waals surface area (Å²) >= 11 is 1.67. The van der Waals surface area contributed by atoms with E-state index in [1.54, 1.807) is 11.8 Å². The van der Waals surface area contributed by atoms with Gasteiger partial charge in [-0.15, -0.1) is 5.10 Å². The van der Waals surface area contributed by atoms with Crippen LogP contribution in [-0.2, 0) is 6.42 Å². The van der Waals surface area contributed by atoms with Crippen LogP contribution in [0.3, 0.4) is 0 Å². The molecule has 3 N–H and O–H groups in total. The van der Waals surface area contributed by atoms with Crippen LogP contribution in [-0.4, -0.2) is 28.2 Å². The van der Waals surface area contributed by atoms with Gasteiger partial charge in [-0.3, -0.25) is 0 Å². The zero-order valence-corrected chi connectivity index (χ0v) is 13.5. The number of nitrogens with two attached hydrogens (primary N) is 1. The summed E-state index contributed by atoms with van der Waals surface area (Å²) in [6.07, 6.45) is 0.778. The molecule has 0 unspecified atom stereocenters. The van der Waals surface area contributed by atoms with Gasteiger partial charge >= 0.3 is 0 Å². The Kier molecular flexibility index (Phi) is 4.31. The highest BCUT2D eigenvalue weighted by molar-refractivity contribution is 7.99. The summed E-state index contributed by atoms with van der Waals surface area (Å²) in [5.74, 6) is 0.838. The normalized spacial score (nSPS) is 11.0. The number of hydrogen-bond donors (Lipinski definition) is 2. The van der Waals surface area contributed by atoms with Crippen molar-refractivity contribution in [1.29, 1.82) is 0 Å². The Bertz CT molecular complexity index is 782. The van der Waals surface area contributed by atoms with Gasteiger partial charge in [0.1, 0.15) is 4.90 Å². The Morgan fingerprint density at radius 2 is 2.05 bits per heavy atom. The van der Waals surface area contributed by atoms with E-state index in [2.05, 4.69) is 27.5 Å². The predicted molar refractivity (Wildman–Crippen MR) is 90.6 cm³/mol. The van der Waals surface area contributed by atoms with Gasteiger partial charge in [-0.05, 0) is 31.7 Å². The van der Waals surface area contributed by atoms with Crippen molar-refractivity contribution in [1.82, 2.24) is 14.6 Å². The van der Waals surface area contributed by atoms with Crippen LogP contribution in [0.5, 0.6) is 0 Å². The molecule has 0 atom stereocenters. The van der Waals surface area contributed by atoms with Gasteiger partial charge in [-0.25, -0.2) is 9.50 Å². The quantitative estimate of drug-likeness (QED) is 0.758. The second-order valence-electron chi connectivity index (χ2n) is 5.01. The van der Waals surface area contributed by atoms with E-state index in [0.29, 0.717) is 6.54 Å². The number of anilines is 1. The first-order chi connectivity index (χ1) is 10.7. The number of fused-ring (bicyclic) bond motifs is 1. The van der Waals surface area contributed by atoms with Crippen molar-refractivity contribution in [3.05, 3.63) is 47.8 Å². The molecule has 5 nitrogen and oxygen atoms in total. The van der Waals surface area contributed by atoms with Crippen LogP contribution in [0.1, 0.15) is 11.4 Å². The van der Waals surface area contributed by atoms with Gasteiger partial charge in [-0.1, -0.05) is 30.0 Å². The van der Waals surface area contributed by atoms with Gasteiger partial charge in [-0.2, -0.15) is 0 Å². The van der Waals surface area contributed by atoms with Crippen molar-refractivity contribution in [3.63, 3.8) is 0 Å². The highest BCUT2D eigenvalue weighted by atomic mass is 32.2. The third-order valence-electron chi connectivity index (χ3n) is 3.35. The van der Waals surface area contributed by atoms with E-state index in [1.807, 2.05) is 42.8 Å². The van der Waals surface area contributed by atoms with E-state index in [0.717, 1.165) is 39.1 Å². The number of hydrogen-bond acceptors (Lipinski definition) is 5. The fourth-order valence-electron chi connectivity index (χ4n) is 2.38. The topological polar surface area (TPSA) is 68.2 Å². The van der Waals surface area contributed by atoms with Crippen molar-refractivity contribution in [2.24, 2.45) is 5.73 Å². The third kappa shape index (κ3) is 2.80. The molecule has 6 heteroatoms. The Morgan fingerprint density at radius 3 is 2.73 bits per heavy atom. The number of nitrogens with one attached hydrogen (secondary N) is 1. The molecule has 3 aromatic rings. The molecule has 0 spiro atoms. The average Bonchev–Trinajstić information content (AvgIpc) is 2.87. The number of nitrogens with zero attached hydrogens (tertiary/aromatic N) is 3. The molecular formula is C16H19N5S. The van der Waals surface area contributed by atoms with E-state index in [4.69, 9.17) is 5.73 Å². The van der Waals surface area contributed by atoms with Gasteiger partial charge < -0.3 is 11.1 Å². The minimum atomic E-state index is 0.592. The summed E-state index contributed by atoms with van der Waals surface area (Å²) < 4.78 is 1.90. The number of aryl methyl sites for hydroxylation is 1. The van der Waals surface area contributed by atoms with Crippen LogP contribution < -0.4 is 11.1 Å². The monoisotopic (exact) mass is 313 g/mol. The lowest BCUT2D eigenvalue weighted by Gasteiger charge is -2.05. The van der Waals surface area contributed by atoms with E-state index >= 15 is 0 Å². The van der Waals surface area contributed by atoms with Gasteiger partial charge in [0.2, 0.25) is 0 Å². The van der Waals surface area contributed by atoms with Crippen LogP contribution in [0.4, 0.5) is 5.82 Å². The zero-order chi connectivity index (χ0) is 15.5. The maximum atomic E-state index is 5.72. The molecular weight excluding hydrogens is 294 g/mol. The average molecular weight is 313 g/mol. The Morgan fingerprint density at radius 1 is 1.27 bits per heavy atom. The Balaban J connectivity index is 2.15. The zero-order valence-electron chi connectivity index (χ0n) is 12.7. The molecule has 0 aliphatic rings. The van der Waals surface area contributed by atoms with Gasteiger partial charge in [0.15, 0.2) is 11.5 Å². The van der Waals surface area contributed by atoms with Crippen LogP contribution in [0, 0.1) is 6.92 Å². The summed E-state index contributed by atoms with van der Waals surface area (Å²) in [7, 11) is 1.88. The third-order valence-corrected chi connectivity index (χ3v) is 4.44. The standard InChI is InChI=1S/C16H19N5S/c1-11-10-12(8-9-17)21-16(19-11)14(15(18-2)20-21)22-13-6-4-3-5-7-13/h3-7,10H,8-9,17H2,1-2H3,(H,18,20). The summed E-state index contributed by atoms with van der Waals surface area (Å²) in [6, 6.07) is 12.3. The maximum absolute atomic E-state index is 5.72. The van der Waals surface area contributed by atoms with E-state index in [1.165, 1.54) is 0 Å². The molecule has 0 aliphatic heterocycles. The van der Waals surface area contributed by atoms with Crippen molar-refractivity contribution in [2.45, 2.75) is 23.1 Å². The minimum Gasteiger partial charge on any atom is -0.371 e. The molecule has 0 saturated heterocycles. The minimum absolute atomic E-state index is 0.592. The molecule has 0 saturated carbocycles. The summed E-state index contributed by atoms with van der Waals surface area (Å²) in [6.45, 7) is 2.59. The van der Waals surface area contributed by atoms with Crippen LogP contribution in [0.25, 0.3) is 5.65 Å². The van der Waals surface area contributed by atoms with E-state index in [-0.39, 0.29) is 0 Å². The molecule has 0 amide bonds. The highest BCUT2D eigenvalue weighted by Crippen LogP contribution is 2.36. The second kappa shape index (κ2) is 6.37. The lowest BCUT2D eigenvalue weighted by molar-refractivity contribution is 0.812. The van der Waals surface area contributed by atoms with Crippen LogP contribution in [0.2, 0.25) is 0 Å². The fourth-order valence-corrected chi connectivity index (χ4v) is 3.38. The van der Waals surface area contributed by atoms with Crippen molar-refractivity contribution >= 4 is 23.2 Å². The second-order valence-corrected chi connectivity index (χ2v) is 6.09. The van der Waals surface area contributed by atoms with Crippen LogP contribution in [0.15, 0.2) is 46.2 Å². The van der Waals surface area contributed by atoms with E-state index in [9.17, 15) is 0 Å². The smallest absolute Gasteiger partial charge is 0.171 e. The molecule has 22 heavy (non-hydrogen) atoms. The lowest BCUT2D eigenvalue weighted by Crippen LogP contribution is -2.09. The largest absolute Gasteiger partial charge is 0.371 e. The van der Waals surface area contributed by atoms with Gasteiger partial charge in [0, 0.05) is 29.8 Å². The summed E-state index contributed by atoms with van der Waals surface area (Å²) in [5.41, 5.74) is 8.66. The number of benzene rings is 1. The molecule has 0 radical (unpaired) electrons. The maximum Gasteiger partial charge on any atom is 0.171 e. The highest BCUT2D eigenvalue weighted by Gasteiger charge is 2.17. The van der Waals surface area contributed by atoms with Crippen molar-refractivity contribution in [2.75, 3.05) is 18.9 Å². The lowest BCUT2D eigenvalue weighted by atomic mass is 10.2. The molecule has 1 aromatic carbocycles. The van der Waals surface area contributed by atoms with Gasteiger partial charge in [0.25, 0.3) is 0 Å². The SMILES string of the molecule is CNc1nn2c(CCN)cc(C)nc2c1Sc1ccccc1. The van der Waals surface area contributed by atoms with Crippen LogP contribution >= 0.6 is 11.8 Å².